The molecule has 0 spiro atoms. The smallest absolute Gasteiger partial charge is 0.411 e. The Hall–Kier alpha value is -2.82. The van der Waals surface area contributed by atoms with Crippen LogP contribution in [0.5, 0.6) is 0 Å². The van der Waals surface area contributed by atoms with Gasteiger partial charge in [0, 0.05) is 25.7 Å². The van der Waals surface area contributed by atoms with E-state index in [9.17, 15) is 9.59 Å². The van der Waals surface area contributed by atoms with Crippen molar-refractivity contribution < 1.29 is 14.3 Å². The predicted octanol–water partition coefficient (Wildman–Crippen LogP) is 3.34. The number of carbonyl (C=O) groups is 2. The van der Waals surface area contributed by atoms with Crippen molar-refractivity contribution in [3.05, 3.63) is 65.2 Å². The minimum atomic E-state index is -0.488. The predicted molar refractivity (Wildman–Crippen MR) is 91.5 cm³/mol. The summed E-state index contributed by atoms with van der Waals surface area (Å²) in [5.41, 5.74) is 3.90. The first kappa shape index (κ1) is 16.1. The summed E-state index contributed by atoms with van der Waals surface area (Å²) in [6, 6.07) is 15.3. The molecule has 3 rings (SSSR count). The molecule has 2 aromatic rings. The number of carbonyl (C=O) groups excluding carboxylic acids is 2. The molecule has 0 aliphatic carbocycles. The highest BCUT2D eigenvalue weighted by Crippen LogP contribution is 2.23. The van der Waals surface area contributed by atoms with Crippen molar-refractivity contribution in [1.29, 1.82) is 0 Å². The van der Waals surface area contributed by atoms with E-state index >= 15 is 0 Å². The molecule has 1 N–H and O–H groups in total. The third-order valence-corrected chi connectivity index (χ3v) is 4.12. The average molecular weight is 324 g/mol. The van der Waals surface area contributed by atoms with Gasteiger partial charge in [0.2, 0.25) is 5.91 Å². The molecule has 0 saturated carbocycles. The van der Waals surface area contributed by atoms with Crippen LogP contribution in [0.1, 0.15) is 23.6 Å². The third kappa shape index (κ3) is 3.93. The first-order valence-electron chi connectivity index (χ1n) is 7.97. The van der Waals surface area contributed by atoms with Crippen LogP contribution in [0.4, 0.5) is 10.5 Å². The molecular formula is C19H20N2O3. The normalized spacial score (nSPS) is 13.1. The fraction of sp³-hybridized carbons (Fsp3) is 0.263. The van der Waals surface area contributed by atoms with Crippen LogP contribution in [-0.2, 0) is 29.1 Å². The summed E-state index contributed by atoms with van der Waals surface area (Å²) in [5, 5.41) is 2.74. The second-order valence-electron chi connectivity index (χ2n) is 5.86. The fourth-order valence-corrected chi connectivity index (χ4v) is 2.78. The van der Waals surface area contributed by atoms with Crippen LogP contribution in [0.25, 0.3) is 0 Å². The first-order valence-corrected chi connectivity index (χ1v) is 7.97. The van der Waals surface area contributed by atoms with Crippen LogP contribution in [0.15, 0.2) is 48.5 Å². The molecule has 2 aromatic carbocycles. The molecule has 1 aliphatic heterocycles. The van der Waals surface area contributed by atoms with Crippen molar-refractivity contribution in [2.24, 2.45) is 0 Å². The maximum Gasteiger partial charge on any atom is 0.411 e. The Balaban J connectivity index is 1.60. The van der Waals surface area contributed by atoms with Crippen LogP contribution in [0.2, 0.25) is 0 Å². The van der Waals surface area contributed by atoms with Crippen molar-refractivity contribution in [1.82, 2.24) is 4.90 Å². The maximum atomic E-state index is 11.9. The zero-order chi connectivity index (χ0) is 16.9. The van der Waals surface area contributed by atoms with Crippen LogP contribution >= 0.6 is 0 Å². The van der Waals surface area contributed by atoms with E-state index in [4.69, 9.17) is 4.74 Å². The van der Waals surface area contributed by atoms with Crippen LogP contribution in [-0.4, -0.2) is 23.4 Å². The highest BCUT2D eigenvalue weighted by atomic mass is 16.5. The fourth-order valence-electron chi connectivity index (χ4n) is 2.78. The van der Waals surface area contributed by atoms with Gasteiger partial charge in [-0.2, -0.15) is 0 Å². The number of hydrogen-bond acceptors (Lipinski definition) is 3. The van der Waals surface area contributed by atoms with E-state index < -0.39 is 6.09 Å². The zero-order valence-corrected chi connectivity index (χ0v) is 13.6. The Morgan fingerprint density at radius 2 is 1.92 bits per heavy atom. The standard InChI is InChI=1S/C19H20N2O3/c1-14(22)21-10-9-16-7-8-18(11-17(16)12-21)20-19(23)24-13-15-5-3-2-4-6-15/h2-8,11H,9-10,12-13H2,1H3,(H,20,23). The molecule has 0 fully saturated rings. The van der Waals surface area contributed by atoms with Crippen molar-refractivity contribution in [3.63, 3.8) is 0 Å². The Bertz CT molecular complexity index is 744. The van der Waals surface area contributed by atoms with Gasteiger partial charge in [0.25, 0.3) is 0 Å². The summed E-state index contributed by atoms with van der Waals surface area (Å²) >= 11 is 0. The maximum absolute atomic E-state index is 11.9. The van der Waals surface area contributed by atoms with E-state index in [1.54, 1.807) is 11.8 Å². The van der Waals surface area contributed by atoms with Crippen molar-refractivity contribution in [2.45, 2.75) is 26.5 Å². The SMILES string of the molecule is CC(=O)N1CCc2ccc(NC(=O)OCc3ccccc3)cc2C1. The summed E-state index contributed by atoms with van der Waals surface area (Å²) in [6.07, 6.45) is 0.353. The molecule has 2 amide bonds. The van der Waals surface area contributed by atoms with Gasteiger partial charge in [-0.25, -0.2) is 4.79 Å². The lowest BCUT2D eigenvalue weighted by Gasteiger charge is -2.28. The topological polar surface area (TPSA) is 58.6 Å². The van der Waals surface area contributed by atoms with E-state index in [-0.39, 0.29) is 12.5 Å². The summed E-state index contributed by atoms with van der Waals surface area (Å²) in [6.45, 7) is 3.14. The summed E-state index contributed by atoms with van der Waals surface area (Å²) in [4.78, 5) is 25.3. The molecule has 1 heterocycles. The summed E-state index contributed by atoms with van der Waals surface area (Å²) < 4.78 is 5.22. The Kier molecular flexibility index (Phi) is 4.79. The molecule has 0 aromatic heterocycles. The minimum Gasteiger partial charge on any atom is -0.444 e. The van der Waals surface area contributed by atoms with E-state index in [0.717, 1.165) is 24.1 Å². The number of ether oxygens (including phenoxy) is 1. The first-order chi connectivity index (χ1) is 11.6. The molecule has 24 heavy (non-hydrogen) atoms. The monoisotopic (exact) mass is 324 g/mol. The second kappa shape index (κ2) is 7.17. The van der Waals surface area contributed by atoms with Gasteiger partial charge in [0.05, 0.1) is 0 Å². The molecule has 0 unspecified atom stereocenters. The number of rotatable bonds is 3. The summed E-state index contributed by atoms with van der Waals surface area (Å²) in [5.74, 6) is 0.0706. The highest BCUT2D eigenvalue weighted by Gasteiger charge is 2.18. The lowest BCUT2D eigenvalue weighted by atomic mass is 9.99. The second-order valence-corrected chi connectivity index (χ2v) is 5.86. The highest BCUT2D eigenvalue weighted by molar-refractivity contribution is 5.84. The summed E-state index contributed by atoms with van der Waals surface area (Å²) in [7, 11) is 0. The molecular weight excluding hydrogens is 304 g/mol. The van der Waals surface area contributed by atoms with Crippen LogP contribution in [0.3, 0.4) is 0 Å². The zero-order valence-electron chi connectivity index (χ0n) is 13.6. The number of nitrogens with zero attached hydrogens (tertiary/aromatic N) is 1. The molecule has 124 valence electrons. The minimum absolute atomic E-state index is 0.0706. The van der Waals surface area contributed by atoms with E-state index in [0.29, 0.717) is 12.2 Å². The molecule has 0 radical (unpaired) electrons. The number of anilines is 1. The molecule has 5 heteroatoms. The van der Waals surface area contributed by atoms with Gasteiger partial charge in [-0.3, -0.25) is 10.1 Å². The van der Waals surface area contributed by atoms with Gasteiger partial charge in [-0.15, -0.1) is 0 Å². The molecule has 0 atom stereocenters. The largest absolute Gasteiger partial charge is 0.444 e. The van der Waals surface area contributed by atoms with Gasteiger partial charge in [-0.1, -0.05) is 36.4 Å². The van der Waals surface area contributed by atoms with Gasteiger partial charge in [0.1, 0.15) is 6.61 Å². The van der Waals surface area contributed by atoms with Crippen molar-refractivity contribution >= 4 is 17.7 Å². The lowest BCUT2D eigenvalue weighted by molar-refractivity contribution is -0.129. The average Bonchev–Trinajstić information content (AvgIpc) is 2.60. The number of hydrogen-bond donors (Lipinski definition) is 1. The van der Waals surface area contributed by atoms with E-state index in [1.807, 2.05) is 48.5 Å². The van der Waals surface area contributed by atoms with Crippen molar-refractivity contribution in [2.75, 3.05) is 11.9 Å². The van der Waals surface area contributed by atoms with E-state index in [2.05, 4.69) is 5.32 Å². The van der Waals surface area contributed by atoms with Crippen LogP contribution < -0.4 is 5.32 Å². The van der Waals surface area contributed by atoms with E-state index in [1.165, 1.54) is 5.56 Å². The van der Waals surface area contributed by atoms with Gasteiger partial charge < -0.3 is 9.64 Å². The number of amides is 2. The molecule has 1 aliphatic rings. The molecule has 0 bridgehead atoms. The van der Waals surface area contributed by atoms with Crippen molar-refractivity contribution in [3.8, 4) is 0 Å². The van der Waals surface area contributed by atoms with Gasteiger partial charge in [-0.05, 0) is 35.2 Å². The Morgan fingerprint density at radius 3 is 2.67 bits per heavy atom. The van der Waals surface area contributed by atoms with Gasteiger partial charge in [0.15, 0.2) is 0 Å². The Morgan fingerprint density at radius 1 is 1.12 bits per heavy atom. The molecule has 0 saturated heterocycles. The van der Waals surface area contributed by atoms with Gasteiger partial charge >= 0.3 is 6.09 Å². The lowest BCUT2D eigenvalue weighted by Crippen LogP contribution is -2.34. The van der Waals surface area contributed by atoms with Crippen LogP contribution in [0, 0.1) is 0 Å². The third-order valence-electron chi connectivity index (χ3n) is 4.12. The number of nitrogens with one attached hydrogen (secondary N) is 1. The Labute approximate surface area is 141 Å². The quantitative estimate of drug-likeness (QED) is 0.942. The number of fused-ring (bicyclic) bond motifs is 1. The number of benzene rings is 2. The molecule has 5 nitrogen and oxygen atoms in total.